The molecular formula is C50H87N9O2. The van der Waals surface area contributed by atoms with Crippen molar-refractivity contribution < 1.29 is 9.68 Å². The van der Waals surface area contributed by atoms with E-state index in [-0.39, 0.29) is 28.2 Å². The molecule has 0 amide bonds. The summed E-state index contributed by atoms with van der Waals surface area (Å²) in [6, 6.07) is 0.704. The molecule has 1 aromatic heterocycles. The molecule has 2 saturated heterocycles. The molecule has 0 aromatic carbocycles. The molecule has 11 nitrogen and oxygen atoms in total. The van der Waals surface area contributed by atoms with E-state index in [1.807, 2.05) is 0 Å². The van der Waals surface area contributed by atoms with Gasteiger partial charge in [-0.2, -0.15) is 25.1 Å². The topological polar surface area (TPSA) is 76.6 Å². The molecule has 61 heavy (non-hydrogen) atoms. The normalized spacial score (nSPS) is 18.8. The zero-order valence-corrected chi connectivity index (χ0v) is 41.2. The molecule has 0 bridgehead atoms. The summed E-state index contributed by atoms with van der Waals surface area (Å²) in [6.45, 7) is 40.1. The van der Waals surface area contributed by atoms with Crippen molar-refractivity contribution >= 4 is 17.8 Å². The zero-order chi connectivity index (χ0) is 45.3. The van der Waals surface area contributed by atoms with Crippen LogP contribution in [0.3, 0.4) is 0 Å². The third-order valence-electron chi connectivity index (χ3n) is 12.3. The molecule has 1 aromatic rings. The minimum absolute atomic E-state index is 0.0210. The summed E-state index contributed by atoms with van der Waals surface area (Å²) < 4.78 is 0. The van der Waals surface area contributed by atoms with E-state index in [0.29, 0.717) is 30.5 Å². The molecule has 0 saturated carbocycles. The summed E-state index contributed by atoms with van der Waals surface area (Å²) in [5, 5.41) is 4.55. The number of anilines is 3. The van der Waals surface area contributed by atoms with Gasteiger partial charge in [0.2, 0.25) is 17.8 Å². The van der Waals surface area contributed by atoms with Crippen LogP contribution >= 0.6 is 0 Å². The Kier molecular flexibility index (Phi) is 21.0. The first kappa shape index (κ1) is 52.2. The highest BCUT2D eigenvalue weighted by Gasteiger charge is 2.49. The monoisotopic (exact) mass is 846 g/mol. The lowest BCUT2D eigenvalue weighted by Gasteiger charge is -2.55. The largest absolute Gasteiger partial charge is 0.341 e. The van der Waals surface area contributed by atoms with Gasteiger partial charge in [0.15, 0.2) is 0 Å². The number of hydrogen-bond acceptors (Lipinski definition) is 11. The van der Waals surface area contributed by atoms with Crippen molar-refractivity contribution in [2.45, 2.75) is 207 Å². The van der Waals surface area contributed by atoms with Crippen LogP contribution in [-0.4, -0.2) is 111 Å². The number of unbranched alkanes of at least 4 members (excludes halogenated alkanes) is 5. The van der Waals surface area contributed by atoms with Crippen molar-refractivity contribution in [2.75, 3.05) is 61.1 Å². The average Bonchev–Trinajstić information content (AvgIpc) is 3.18. The minimum Gasteiger partial charge on any atom is -0.341 e. The highest BCUT2D eigenvalue weighted by molar-refractivity contribution is 5.50. The standard InChI is InChI=1S/C50H87N9O2/c1-16-22-31-55(32-23-17-2)44-51-45(56(33-24-18-3)34-25-19-4)53-46(52-44)57(43-40-49(11,12)59(61-37-21-6)50(13,14)41-43)35-29-27-26-28-30-54(15)42-38-47(7,8)58(60-36-20-5)48(9,10)39-42/h31-32,42-43H,1-2,18-21,24-30,33-41H2,3-15H3. The molecule has 0 atom stereocenters. The average molecular weight is 846 g/mol. The molecule has 344 valence electrons. The number of hydrogen-bond donors (Lipinski definition) is 0. The Morgan fingerprint density at radius 3 is 1.44 bits per heavy atom. The van der Waals surface area contributed by atoms with Crippen LogP contribution in [0.25, 0.3) is 0 Å². The van der Waals surface area contributed by atoms with Crippen LogP contribution in [0.2, 0.25) is 0 Å². The van der Waals surface area contributed by atoms with Crippen molar-refractivity contribution in [1.82, 2.24) is 30.0 Å². The number of hydroxylamine groups is 4. The summed E-state index contributed by atoms with van der Waals surface area (Å²) in [5.74, 6) is 1.89. The Morgan fingerprint density at radius 1 is 0.574 bits per heavy atom. The smallest absolute Gasteiger partial charge is 0.241 e. The molecule has 11 heteroatoms. The maximum atomic E-state index is 6.48. The van der Waals surface area contributed by atoms with E-state index in [2.05, 4.69) is 151 Å². The number of piperidine rings is 2. The summed E-state index contributed by atoms with van der Waals surface area (Å²) in [7, 11) is 2.32. The van der Waals surface area contributed by atoms with Gasteiger partial charge in [-0.05, 0) is 146 Å². The van der Waals surface area contributed by atoms with Crippen LogP contribution in [0.5, 0.6) is 0 Å². The van der Waals surface area contributed by atoms with E-state index in [4.69, 9.17) is 24.6 Å². The lowest BCUT2D eigenvalue weighted by atomic mass is 9.78. The third-order valence-corrected chi connectivity index (χ3v) is 12.3. The minimum atomic E-state index is -0.209. The maximum Gasteiger partial charge on any atom is 0.241 e. The molecule has 3 heterocycles. The molecular weight excluding hydrogens is 759 g/mol. The van der Waals surface area contributed by atoms with Crippen molar-refractivity contribution in [1.29, 1.82) is 0 Å². The van der Waals surface area contributed by atoms with Crippen LogP contribution in [-0.2, 0) is 9.68 Å². The summed E-state index contributed by atoms with van der Waals surface area (Å²) in [6.07, 6.45) is 18.3. The summed E-state index contributed by atoms with van der Waals surface area (Å²) in [4.78, 5) is 37.8. The number of nitrogens with zero attached hydrogens (tertiary/aromatic N) is 9. The quantitative estimate of drug-likeness (QED) is 0.0661. The molecule has 0 unspecified atom stereocenters. The highest BCUT2D eigenvalue weighted by atomic mass is 16.7. The molecule has 3 rings (SSSR count). The van der Waals surface area contributed by atoms with Crippen molar-refractivity contribution in [3.8, 4) is 0 Å². The summed E-state index contributed by atoms with van der Waals surface area (Å²) in [5.41, 5.74) is 11.0. The van der Waals surface area contributed by atoms with E-state index in [9.17, 15) is 0 Å². The summed E-state index contributed by atoms with van der Waals surface area (Å²) >= 11 is 0. The lowest BCUT2D eigenvalue weighted by molar-refractivity contribution is -0.287. The van der Waals surface area contributed by atoms with Crippen molar-refractivity contribution in [3.05, 3.63) is 48.5 Å². The molecule has 0 aliphatic carbocycles. The second-order valence-electron chi connectivity index (χ2n) is 20.0. The van der Waals surface area contributed by atoms with Gasteiger partial charge in [0, 0.05) is 53.9 Å². The van der Waals surface area contributed by atoms with Gasteiger partial charge < -0.3 is 14.7 Å². The first-order valence-electron chi connectivity index (χ1n) is 23.8. The van der Waals surface area contributed by atoms with Crippen LogP contribution in [0.4, 0.5) is 17.8 Å². The Balaban J connectivity index is 1.96. The van der Waals surface area contributed by atoms with Crippen LogP contribution in [0, 0.1) is 0 Å². The fourth-order valence-electron chi connectivity index (χ4n) is 9.76. The fourth-order valence-corrected chi connectivity index (χ4v) is 9.76. The zero-order valence-electron chi connectivity index (χ0n) is 41.2. The Hall–Kier alpha value is -3.19. The third kappa shape index (κ3) is 15.2. The van der Waals surface area contributed by atoms with E-state index in [0.717, 1.165) is 110 Å². The Bertz CT molecular complexity index is 1580. The predicted molar refractivity (Wildman–Crippen MR) is 256 cm³/mol. The lowest BCUT2D eigenvalue weighted by Crippen LogP contribution is -2.64. The number of rotatable bonds is 26. The SMILES string of the molecule is C=C=C=CN(C=C=C=C)c1nc(N(CCCC)CCCC)nc(N(CCCCCCN(C)C2CC(C)(C)N(OCCC)C(C)(C)C2)C2CC(C)(C)N(OCCC)C(C)(C)C2)n1. The van der Waals surface area contributed by atoms with E-state index in [1.165, 1.54) is 12.8 Å². The van der Waals surface area contributed by atoms with Gasteiger partial charge in [-0.15, -0.1) is 0 Å². The van der Waals surface area contributed by atoms with Crippen LogP contribution in [0.15, 0.2) is 48.5 Å². The molecule has 0 radical (unpaired) electrons. The first-order chi connectivity index (χ1) is 28.9. The van der Waals surface area contributed by atoms with Gasteiger partial charge in [-0.25, -0.2) is 0 Å². The van der Waals surface area contributed by atoms with Gasteiger partial charge in [0.05, 0.1) is 25.6 Å². The maximum absolute atomic E-state index is 6.48. The van der Waals surface area contributed by atoms with E-state index >= 15 is 0 Å². The molecule has 2 aliphatic rings. The molecule has 0 N–H and O–H groups in total. The van der Waals surface area contributed by atoms with E-state index in [1.54, 1.807) is 17.3 Å². The highest BCUT2D eigenvalue weighted by Crippen LogP contribution is 2.42. The van der Waals surface area contributed by atoms with Gasteiger partial charge in [0.1, 0.15) is 0 Å². The van der Waals surface area contributed by atoms with Crippen molar-refractivity contribution in [2.24, 2.45) is 0 Å². The Morgan fingerprint density at radius 2 is 1.00 bits per heavy atom. The first-order valence-corrected chi connectivity index (χ1v) is 23.8. The van der Waals surface area contributed by atoms with Crippen LogP contribution < -0.4 is 14.7 Å². The molecule has 2 fully saturated rings. The second-order valence-corrected chi connectivity index (χ2v) is 20.0. The van der Waals surface area contributed by atoms with E-state index < -0.39 is 0 Å². The van der Waals surface area contributed by atoms with Gasteiger partial charge >= 0.3 is 0 Å². The molecule has 0 spiro atoms. The second kappa shape index (κ2) is 24.6. The van der Waals surface area contributed by atoms with Gasteiger partial charge in [-0.3, -0.25) is 14.6 Å². The number of aromatic nitrogens is 3. The van der Waals surface area contributed by atoms with Gasteiger partial charge in [0.25, 0.3) is 0 Å². The fraction of sp³-hybridized carbons (Fsp3) is 0.780. The molecule has 2 aliphatic heterocycles. The Labute approximate surface area is 373 Å². The predicted octanol–water partition coefficient (Wildman–Crippen LogP) is 11.0. The van der Waals surface area contributed by atoms with Gasteiger partial charge in [-0.1, -0.05) is 76.3 Å². The van der Waals surface area contributed by atoms with Crippen molar-refractivity contribution in [3.63, 3.8) is 0 Å². The van der Waals surface area contributed by atoms with Crippen LogP contribution in [0.1, 0.15) is 173 Å².